The van der Waals surface area contributed by atoms with Crippen molar-refractivity contribution in [1.82, 2.24) is 14.7 Å². The third-order valence-electron chi connectivity index (χ3n) is 4.11. The zero-order valence-corrected chi connectivity index (χ0v) is 13.1. The maximum atomic E-state index is 12.1. The number of ether oxygens (including phenoxy) is 1. The number of nitrogens with zero attached hydrogens (tertiary/aromatic N) is 3. The largest absolute Gasteiger partial charge is 0.478 e. The summed E-state index contributed by atoms with van der Waals surface area (Å²) in [6, 6.07) is 0.146. The van der Waals surface area contributed by atoms with Crippen LogP contribution in [0.5, 0.6) is 0 Å². The van der Waals surface area contributed by atoms with Crippen LogP contribution in [0.4, 0.5) is 0 Å². The minimum atomic E-state index is -0.971. The summed E-state index contributed by atoms with van der Waals surface area (Å²) >= 11 is 0. The van der Waals surface area contributed by atoms with E-state index in [0.29, 0.717) is 13.1 Å². The summed E-state index contributed by atoms with van der Waals surface area (Å²) in [7, 11) is 0. The van der Waals surface area contributed by atoms with Crippen molar-refractivity contribution < 1.29 is 19.4 Å². The number of hydrogen-bond acceptors (Lipinski definition) is 4. The van der Waals surface area contributed by atoms with E-state index >= 15 is 0 Å². The van der Waals surface area contributed by atoms with Crippen LogP contribution in [0.2, 0.25) is 0 Å². The molecule has 1 atom stereocenters. The molecule has 1 amide bonds. The maximum Gasteiger partial charge on any atom is 0.338 e. The van der Waals surface area contributed by atoms with E-state index in [0.717, 1.165) is 19.3 Å². The fourth-order valence-corrected chi connectivity index (χ4v) is 2.45. The van der Waals surface area contributed by atoms with Crippen molar-refractivity contribution in [3.05, 3.63) is 18.0 Å². The summed E-state index contributed by atoms with van der Waals surface area (Å²) in [5, 5.41) is 13.0. The van der Waals surface area contributed by atoms with Gasteiger partial charge in [-0.3, -0.25) is 9.48 Å². The Morgan fingerprint density at radius 2 is 2.14 bits per heavy atom. The molecular formula is C15H23N3O4. The molecule has 1 aromatic heterocycles. The molecule has 2 heterocycles. The van der Waals surface area contributed by atoms with Gasteiger partial charge in [-0.05, 0) is 26.2 Å². The first-order chi connectivity index (χ1) is 10.5. The Kier molecular flexibility index (Phi) is 5.54. The predicted octanol–water partition coefficient (Wildman–Crippen LogP) is 1.56. The highest BCUT2D eigenvalue weighted by Gasteiger charge is 2.25. The highest BCUT2D eigenvalue weighted by molar-refractivity contribution is 5.86. The molecule has 0 aliphatic carbocycles. The zero-order chi connectivity index (χ0) is 16.1. The number of rotatable bonds is 6. The van der Waals surface area contributed by atoms with Gasteiger partial charge in [0.1, 0.15) is 6.61 Å². The lowest BCUT2D eigenvalue weighted by atomic mass is 10.1. The zero-order valence-electron chi connectivity index (χ0n) is 13.1. The summed E-state index contributed by atoms with van der Waals surface area (Å²) in [6.45, 7) is 5.41. The number of likely N-dealkylation sites (tertiary alicyclic amines) is 1. The monoisotopic (exact) mass is 309 g/mol. The summed E-state index contributed by atoms with van der Waals surface area (Å²) in [5.41, 5.74) is 0.195. The van der Waals surface area contributed by atoms with Crippen LogP contribution in [0.25, 0.3) is 0 Å². The van der Waals surface area contributed by atoms with Crippen LogP contribution in [0.1, 0.15) is 49.5 Å². The van der Waals surface area contributed by atoms with E-state index in [-0.39, 0.29) is 30.2 Å². The maximum absolute atomic E-state index is 12.1. The molecule has 0 bridgehead atoms. The van der Waals surface area contributed by atoms with Crippen LogP contribution >= 0.6 is 0 Å². The highest BCUT2D eigenvalue weighted by Crippen LogP contribution is 2.22. The van der Waals surface area contributed by atoms with Gasteiger partial charge in [0, 0.05) is 19.3 Å². The topological polar surface area (TPSA) is 84.7 Å². The standard InChI is InChI=1S/C15H23N3O4/c1-3-11(2)22-10-14(19)17-6-4-13(5-7-17)18-9-12(8-16-18)15(20)21/h8-9,11,13H,3-7,10H2,1-2H3,(H,20,21). The third-order valence-corrected chi connectivity index (χ3v) is 4.11. The Balaban J connectivity index is 1.82. The Hall–Kier alpha value is -1.89. The number of aromatic carboxylic acids is 1. The number of hydrogen-bond donors (Lipinski definition) is 1. The Labute approximate surface area is 129 Å². The number of piperidine rings is 1. The minimum Gasteiger partial charge on any atom is -0.478 e. The van der Waals surface area contributed by atoms with E-state index in [1.54, 1.807) is 15.8 Å². The van der Waals surface area contributed by atoms with Crippen molar-refractivity contribution in [2.24, 2.45) is 0 Å². The van der Waals surface area contributed by atoms with Crippen LogP contribution in [0.15, 0.2) is 12.4 Å². The molecule has 1 saturated heterocycles. The molecule has 7 nitrogen and oxygen atoms in total. The first-order valence-corrected chi connectivity index (χ1v) is 7.68. The average Bonchev–Trinajstić information content (AvgIpc) is 3.02. The molecule has 0 spiro atoms. The average molecular weight is 309 g/mol. The number of aromatic nitrogens is 2. The molecule has 22 heavy (non-hydrogen) atoms. The van der Waals surface area contributed by atoms with Gasteiger partial charge in [-0.2, -0.15) is 5.10 Å². The number of carbonyl (C=O) groups excluding carboxylic acids is 1. The normalized spacial score (nSPS) is 17.5. The van der Waals surface area contributed by atoms with Gasteiger partial charge in [0.05, 0.1) is 23.9 Å². The second-order valence-corrected chi connectivity index (χ2v) is 5.66. The highest BCUT2D eigenvalue weighted by atomic mass is 16.5. The van der Waals surface area contributed by atoms with E-state index in [4.69, 9.17) is 9.84 Å². The van der Waals surface area contributed by atoms with E-state index < -0.39 is 5.97 Å². The predicted molar refractivity (Wildman–Crippen MR) is 79.7 cm³/mol. The Morgan fingerprint density at radius 3 is 2.68 bits per heavy atom. The van der Waals surface area contributed by atoms with E-state index in [1.165, 1.54) is 6.20 Å². The second-order valence-electron chi connectivity index (χ2n) is 5.66. The van der Waals surface area contributed by atoms with Crippen molar-refractivity contribution in [3.8, 4) is 0 Å². The molecule has 1 unspecified atom stereocenters. The molecular weight excluding hydrogens is 286 g/mol. The van der Waals surface area contributed by atoms with Crippen LogP contribution in [-0.2, 0) is 9.53 Å². The number of carboxylic acid groups (broad SMARTS) is 1. The number of amides is 1. The molecule has 1 aromatic rings. The Bertz CT molecular complexity index is 521. The quantitative estimate of drug-likeness (QED) is 0.862. The van der Waals surface area contributed by atoms with Gasteiger partial charge in [0.15, 0.2) is 0 Å². The van der Waals surface area contributed by atoms with Crippen molar-refractivity contribution in [1.29, 1.82) is 0 Å². The molecule has 1 fully saturated rings. The van der Waals surface area contributed by atoms with E-state index in [2.05, 4.69) is 5.10 Å². The van der Waals surface area contributed by atoms with Gasteiger partial charge in [-0.15, -0.1) is 0 Å². The third kappa shape index (κ3) is 4.07. The van der Waals surface area contributed by atoms with E-state index in [9.17, 15) is 9.59 Å². The summed E-state index contributed by atoms with van der Waals surface area (Å²) < 4.78 is 7.17. The fraction of sp³-hybridized carbons (Fsp3) is 0.667. The molecule has 122 valence electrons. The minimum absolute atomic E-state index is 0.0189. The fourth-order valence-electron chi connectivity index (χ4n) is 2.45. The number of carbonyl (C=O) groups is 2. The van der Waals surface area contributed by atoms with Crippen molar-refractivity contribution in [2.45, 2.75) is 45.3 Å². The van der Waals surface area contributed by atoms with Gasteiger partial charge >= 0.3 is 5.97 Å². The molecule has 0 aromatic carbocycles. The van der Waals surface area contributed by atoms with Gasteiger partial charge in [-0.1, -0.05) is 6.92 Å². The molecule has 1 aliphatic heterocycles. The molecule has 0 radical (unpaired) electrons. The SMILES string of the molecule is CCC(C)OCC(=O)N1CCC(n2cc(C(=O)O)cn2)CC1. The molecule has 1 N–H and O–H groups in total. The lowest BCUT2D eigenvalue weighted by molar-refractivity contribution is -0.139. The van der Waals surface area contributed by atoms with Crippen LogP contribution in [-0.4, -0.2) is 57.5 Å². The Morgan fingerprint density at radius 1 is 1.45 bits per heavy atom. The van der Waals surface area contributed by atoms with Crippen LogP contribution in [0.3, 0.4) is 0 Å². The summed E-state index contributed by atoms with van der Waals surface area (Å²) in [5.74, 6) is -0.952. The van der Waals surface area contributed by atoms with Gasteiger partial charge < -0.3 is 14.7 Å². The lowest BCUT2D eigenvalue weighted by Gasteiger charge is -2.32. The first-order valence-electron chi connectivity index (χ1n) is 7.68. The van der Waals surface area contributed by atoms with Gasteiger partial charge in [0.2, 0.25) is 5.91 Å². The number of carboxylic acids is 1. The lowest BCUT2D eigenvalue weighted by Crippen LogP contribution is -2.41. The smallest absolute Gasteiger partial charge is 0.338 e. The summed E-state index contributed by atoms with van der Waals surface area (Å²) in [4.78, 5) is 24.7. The van der Waals surface area contributed by atoms with Gasteiger partial charge in [-0.25, -0.2) is 4.79 Å². The van der Waals surface area contributed by atoms with Crippen molar-refractivity contribution in [3.63, 3.8) is 0 Å². The second kappa shape index (κ2) is 7.40. The summed E-state index contributed by atoms with van der Waals surface area (Å²) in [6.07, 6.45) is 5.45. The molecule has 0 saturated carbocycles. The van der Waals surface area contributed by atoms with E-state index in [1.807, 2.05) is 13.8 Å². The van der Waals surface area contributed by atoms with Crippen LogP contribution < -0.4 is 0 Å². The molecule has 7 heteroatoms. The van der Waals surface area contributed by atoms with Gasteiger partial charge in [0.25, 0.3) is 0 Å². The molecule has 2 rings (SSSR count). The first kappa shape index (κ1) is 16.5. The van der Waals surface area contributed by atoms with Crippen molar-refractivity contribution in [2.75, 3.05) is 19.7 Å². The van der Waals surface area contributed by atoms with Crippen molar-refractivity contribution >= 4 is 11.9 Å². The van der Waals surface area contributed by atoms with Crippen LogP contribution in [0, 0.1) is 0 Å². The molecule has 1 aliphatic rings.